The summed E-state index contributed by atoms with van der Waals surface area (Å²) < 4.78 is 78.9. The number of nitrogens with zero attached hydrogens (tertiary/aromatic N) is 1. The van der Waals surface area contributed by atoms with Gasteiger partial charge in [-0.3, -0.25) is 4.98 Å². The number of nitrogens with one attached hydrogen (secondary N) is 1. The van der Waals surface area contributed by atoms with Crippen LogP contribution in [0, 0.1) is 11.8 Å². The highest BCUT2D eigenvalue weighted by atomic mass is 19.4. The van der Waals surface area contributed by atoms with Gasteiger partial charge in [-0.25, -0.2) is 0 Å². The summed E-state index contributed by atoms with van der Waals surface area (Å²) in [6.07, 6.45) is -4.33. The number of benzene rings is 2. The second-order valence-corrected chi connectivity index (χ2v) is 9.93. The van der Waals surface area contributed by atoms with Gasteiger partial charge in [0.1, 0.15) is 0 Å². The van der Waals surface area contributed by atoms with E-state index in [0.29, 0.717) is 25.8 Å². The third kappa shape index (κ3) is 6.56. The molecule has 0 amide bonds. The lowest BCUT2D eigenvalue weighted by Gasteiger charge is -2.38. The van der Waals surface area contributed by atoms with E-state index in [4.69, 9.17) is 0 Å². The van der Waals surface area contributed by atoms with Gasteiger partial charge in [0, 0.05) is 24.2 Å². The van der Waals surface area contributed by atoms with E-state index in [2.05, 4.69) is 16.9 Å². The van der Waals surface area contributed by atoms with Crippen LogP contribution in [0.15, 0.2) is 67.4 Å². The van der Waals surface area contributed by atoms with Crippen molar-refractivity contribution in [3.05, 3.63) is 89.6 Å². The molecule has 1 aliphatic rings. The van der Waals surface area contributed by atoms with E-state index >= 15 is 0 Å². The minimum atomic E-state index is -4.85. The van der Waals surface area contributed by atoms with Crippen molar-refractivity contribution in [1.29, 1.82) is 0 Å². The molecule has 1 aliphatic heterocycles. The number of fused-ring (bicyclic) bond motifs is 1. The molecule has 3 nitrogen and oxygen atoms in total. The minimum absolute atomic E-state index is 0.0237. The fourth-order valence-corrected chi connectivity index (χ4v) is 5.38. The predicted octanol–water partition coefficient (Wildman–Crippen LogP) is 7.50. The third-order valence-corrected chi connectivity index (χ3v) is 7.40. The minimum Gasteiger partial charge on any atom is -0.387 e. The molecule has 2 heterocycles. The van der Waals surface area contributed by atoms with Crippen LogP contribution in [-0.4, -0.2) is 22.7 Å². The molecule has 38 heavy (non-hydrogen) atoms. The molecule has 2 aromatic carbocycles. The molecule has 0 bridgehead atoms. The number of piperidine rings is 1. The number of hydrogen-bond acceptors (Lipinski definition) is 3. The standard InChI is InChI=1S/C29H30F6N2O/c1-2-19-17-37-26(27(38)24-11-12-36-25-10-6-5-9-23(24)25)15-20(19)8-4-3-7-18-13-21(28(30,31)32)16-22(14-18)29(33,34)35/h2,5-6,9-14,16,19-20,26-27,37-38H,1,3-4,7-8,15,17H2/t19-,20-,26-,27+/m0/s1. The number of halogens is 6. The summed E-state index contributed by atoms with van der Waals surface area (Å²) in [6, 6.07) is 11.0. The van der Waals surface area contributed by atoms with E-state index in [1.807, 2.05) is 36.4 Å². The molecule has 1 saturated heterocycles. The number of pyridine rings is 1. The number of hydrogen-bond donors (Lipinski definition) is 2. The van der Waals surface area contributed by atoms with Crippen molar-refractivity contribution in [2.45, 2.75) is 56.6 Å². The first-order valence-electron chi connectivity index (χ1n) is 12.6. The number of alkyl halides is 6. The summed E-state index contributed by atoms with van der Waals surface area (Å²) in [4.78, 5) is 4.35. The zero-order valence-electron chi connectivity index (χ0n) is 20.7. The van der Waals surface area contributed by atoms with Gasteiger partial charge in [0.15, 0.2) is 0 Å². The summed E-state index contributed by atoms with van der Waals surface area (Å²) in [7, 11) is 0. The topological polar surface area (TPSA) is 45.1 Å². The molecule has 204 valence electrons. The molecule has 0 saturated carbocycles. The van der Waals surface area contributed by atoms with Crippen molar-refractivity contribution >= 4 is 10.9 Å². The SMILES string of the molecule is C=C[C@H]1CN[C@H]([C@H](O)c2ccnc3ccccc23)C[C@@H]1CCCCc1cc(C(F)(F)F)cc(C(F)(F)F)c1. The van der Waals surface area contributed by atoms with E-state index in [1.54, 1.807) is 6.20 Å². The Hall–Kier alpha value is -2.91. The summed E-state index contributed by atoms with van der Waals surface area (Å²) in [6.45, 7) is 4.55. The number of para-hydroxylation sites is 1. The molecule has 4 rings (SSSR count). The first-order valence-corrected chi connectivity index (χ1v) is 12.6. The van der Waals surface area contributed by atoms with Crippen molar-refractivity contribution < 1.29 is 31.4 Å². The normalized spacial score (nSPS) is 21.4. The van der Waals surface area contributed by atoms with E-state index in [0.717, 1.165) is 35.0 Å². The molecule has 4 atom stereocenters. The first kappa shape index (κ1) is 28.1. The van der Waals surface area contributed by atoms with Gasteiger partial charge >= 0.3 is 12.4 Å². The monoisotopic (exact) mass is 536 g/mol. The number of aliphatic hydroxyl groups excluding tert-OH is 1. The number of unbranched alkanes of at least 4 members (excludes halogenated alkanes) is 1. The Labute approximate surface area is 217 Å². The summed E-state index contributed by atoms with van der Waals surface area (Å²) in [5.74, 6) is 0.326. The Morgan fingerprint density at radius 2 is 1.68 bits per heavy atom. The number of aryl methyl sites for hydroxylation is 1. The lowest BCUT2D eigenvalue weighted by molar-refractivity contribution is -0.143. The van der Waals surface area contributed by atoms with Crippen LogP contribution in [0.25, 0.3) is 10.9 Å². The fraction of sp³-hybridized carbons (Fsp3) is 0.414. The van der Waals surface area contributed by atoms with E-state index < -0.39 is 29.6 Å². The molecule has 3 aromatic rings. The van der Waals surface area contributed by atoms with Crippen molar-refractivity contribution in [3.63, 3.8) is 0 Å². The van der Waals surface area contributed by atoms with Crippen LogP contribution in [-0.2, 0) is 18.8 Å². The van der Waals surface area contributed by atoms with Crippen molar-refractivity contribution in [2.24, 2.45) is 11.8 Å². The maximum Gasteiger partial charge on any atom is 0.416 e. The number of rotatable bonds is 8. The first-order chi connectivity index (χ1) is 18.0. The van der Waals surface area contributed by atoms with Gasteiger partial charge in [0.05, 0.1) is 22.7 Å². The predicted molar refractivity (Wildman–Crippen MR) is 134 cm³/mol. The van der Waals surface area contributed by atoms with Crippen LogP contribution in [0.5, 0.6) is 0 Å². The average molecular weight is 537 g/mol. The largest absolute Gasteiger partial charge is 0.416 e. The summed E-state index contributed by atoms with van der Waals surface area (Å²) >= 11 is 0. The van der Waals surface area contributed by atoms with Crippen LogP contribution in [0.1, 0.15) is 54.0 Å². The molecule has 0 unspecified atom stereocenters. The Kier molecular flexibility index (Phi) is 8.47. The van der Waals surface area contributed by atoms with E-state index in [-0.39, 0.29) is 35.9 Å². The molecule has 9 heteroatoms. The molecule has 0 radical (unpaired) electrons. The molecule has 0 spiro atoms. The van der Waals surface area contributed by atoms with Crippen LogP contribution in [0.3, 0.4) is 0 Å². The lowest BCUT2D eigenvalue weighted by atomic mass is 9.77. The van der Waals surface area contributed by atoms with Gasteiger partial charge in [0.25, 0.3) is 0 Å². The van der Waals surface area contributed by atoms with Crippen LogP contribution < -0.4 is 5.32 Å². The number of aromatic nitrogens is 1. The van der Waals surface area contributed by atoms with Crippen LogP contribution >= 0.6 is 0 Å². The Bertz CT molecular complexity index is 1220. The molecular formula is C29H30F6N2O. The molecule has 0 aliphatic carbocycles. The van der Waals surface area contributed by atoms with Gasteiger partial charge < -0.3 is 10.4 Å². The molecule has 1 fully saturated rings. The second kappa shape index (κ2) is 11.5. The third-order valence-electron chi connectivity index (χ3n) is 7.40. The van der Waals surface area contributed by atoms with E-state index in [1.165, 1.54) is 0 Å². The van der Waals surface area contributed by atoms with Gasteiger partial charge in [0.2, 0.25) is 0 Å². The van der Waals surface area contributed by atoms with Crippen LogP contribution in [0.4, 0.5) is 26.3 Å². The van der Waals surface area contributed by atoms with Gasteiger partial charge in [-0.15, -0.1) is 6.58 Å². The smallest absolute Gasteiger partial charge is 0.387 e. The second-order valence-electron chi connectivity index (χ2n) is 9.93. The van der Waals surface area contributed by atoms with E-state index in [9.17, 15) is 31.4 Å². The van der Waals surface area contributed by atoms with Gasteiger partial charge in [-0.1, -0.05) is 30.7 Å². The zero-order valence-corrected chi connectivity index (χ0v) is 20.7. The van der Waals surface area contributed by atoms with Crippen molar-refractivity contribution in [2.75, 3.05) is 6.54 Å². The Morgan fingerprint density at radius 1 is 1.00 bits per heavy atom. The van der Waals surface area contributed by atoms with Gasteiger partial charge in [-0.2, -0.15) is 26.3 Å². The number of aliphatic hydroxyl groups is 1. The van der Waals surface area contributed by atoms with Gasteiger partial charge in [-0.05, 0) is 79.0 Å². The van der Waals surface area contributed by atoms with Crippen molar-refractivity contribution in [1.82, 2.24) is 10.3 Å². The molecule has 2 N–H and O–H groups in total. The zero-order chi connectivity index (χ0) is 27.5. The highest BCUT2D eigenvalue weighted by Gasteiger charge is 2.37. The maximum atomic E-state index is 13.2. The summed E-state index contributed by atoms with van der Waals surface area (Å²) in [5.41, 5.74) is -0.964. The van der Waals surface area contributed by atoms with Crippen molar-refractivity contribution in [3.8, 4) is 0 Å². The maximum absolute atomic E-state index is 13.2. The molecular weight excluding hydrogens is 506 g/mol. The Morgan fingerprint density at radius 3 is 2.34 bits per heavy atom. The Balaban J connectivity index is 1.40. The lowest BCUT2D eigenvalue weighted by Crippen LogP contribution is -2.46. The average Bonchev–Trinajstić information content (AvgIpc) is 2.89. The summed E-state index contributed by atoms with van der Waals surface area (Å²) in [5, 5.41) is 15.5. The highest BCUT2D eigenvalue weighted by molar-refractivity contribution is 5.82. The molecule has 1 aromatic heterocycles. The van der Waals surface area contributed by atoms with Crippen LogP contribution in [0.2, 0.25) is 0 Å². The quantitative estimate of drug-likeness (QED) is 0.178. The fourth-order valence-electron chi connectivity index (χ4n) is 5.38. The highest BCUT2D eigenvalue weighted by Crippen LogP contribution is 2.37.